The molecule has 0 bridgehead atoms. The summed E-state index contributed by atoms with van der Waals surface area (Å²) in [5.41, 5.74) is 1.90. The molecule has 0 atom stereocenters. The van der Waals surface area contributed by atoms with E-state index in [0.717, 1.165) is 48.5 Å². The highest BCUT2D eigenvalue weighted by Crippen LogP contribution is 2.28. The minimum atomic E-state index is -0.848. The number of hydrogen-bond acceptors (Lipinski definition) is 8. The highest BCUT2D eigenvalue weighted by Gasteiger charge is 2.28. The lowest BCUT2D eigenvalue weighted by Gasteiger charge is -2.38. The lowest BCUT2D eigenvalue weighted by Crippen LogP contribution is -2.46. The molecule has 5 rings (SSSR count). The predicted octanol–water partition coefficient (Wildman–Crippen LogP) is 4.79. The van der Waals surface area contributed by atoms with Gasteiger partial charge in [0, 0.05) is 38.4 Å². The van der Waals surface area contributed by atoms with Crippen molar-refractivity contribution in [1.82, 2.24) is 19.1 Å². The molecule has 11 heteroatoms. The molecule has 1 aliphatic heterocycles. The number of halogens is 1. The first-order chi connectivity index (χ1) is 19.6. The van der Waals surface area contributed by atoms with Crippen molar-refractivity contribution in [3.63, 3.8) is 0 Å². The Morgan fingerprint density at radius 2 is 1.76 bits per heavy atom. The van der Waals surface area contributed by atoms with Crippen molar-refractivity contribution in [2.24, 2.45) is 0 Å². The van der Waals surface area contributed by atoms with Crippen LogP contribution in [-0.2, 0) is 22.7 Å². The molecule has 0 aliphatic carbocycles. The minimum Gasteiger partial charge on any atom is -0.429 e. The van der Waals surface area contributed by atoms with E-state index in [1.54, 1.807) is 32.9 Å². The number of hydrogen-bond donors (Lipinski definition) is 0. The number of imidazole rings is 1. The highest BCUT2D eigenvalue weighted by molar-refractivity contribution is 5.79. The number of fused-ring (bicyclic) bond motifs is 1. The largest absolute Gasteiger partial charge is 0.510 e. The Bertz CT molecular complexity index is 1570. The zero-order chi connectivity index (χ0) is 29.1. The first-order valence-corrected chi connectivity index (χ1v) is 13.7. The maximum atomic E-state index is 13.5. The fraction of sp³-hybridized carbons (Fsp3) is 0.400. The van der Waals surface area contributed by atoms with Crippen LogP contribution in [0.3, 0.4) is 0 Å². The van der Waals surface area contributed by atoms with Crippen molar-refractivity contribution in [1.29, 1.82) is 0 Å². The fourth-order valence-electron chi connectivity index (χ4n) is 5.07. The summed E-state index contributed by atoms with van der Waals surface area (Å²) in [5.74, 6) is 1.03. The van der Waals surface area contributed by atoms with Crippen molar-refractivity contribution in [2.45, 2.75) is 58.5 Å². The zero-order valence-corrected chi connectivity index (χ0v) is 23.8. The van der Waals surface area contributed by atoms with Gasteiger partial charge >= 0.3 is 6.16 Å². The molecule has 0 radical (unpaired) electrons. The topological polar surface area (TPSA) is 94.7 Å². The van der Waals surface area contributed by atoms with E-state index in [2.05, 4.69) is 20.5 Å². The molecule has 4 aromatic rings. The monoisotopic (exact) mass is 562 g/mol. The quantitative estimate of drug-likeness (QED) is 0.297. The van der Waals surface area contributed by atoms with Crippen LogP contribution in [0.4, 0.5) is 21.1 Å². The van der Waals surface area contributed by atoms with E-state index < -0.39 is 11.8 Å². The summed E-state index contributed by atoms with van der Waals surface area (Å²) in [7, 11) is 1.90. The number of carbonyl (C=O) groups is 1. The maximum Gasteiger partial charge on any atom is 0.510 e. The lowest BCUT2D eigenvalue weighted by atomic mass is 10.0. The van der Waals surface area contributed by atoms with E-state index >= 15 is 0 Å². The summed E-state index contributed by atoms with van der Waals surface area (Å²) in [6.45, 7) is 7.00. The Morgan fingerprint density at radius 3 is 2.46 bits per heavy atom. The molecule has 41 heavy (non-hydrogen) atoms. The molecule has 1 saturated heterocycles. The van der Waals surface area contributed by atoms with Gasteiger partial charge in [0.1, 0.15) is 11.4 Å². The van der Waals surface area contributed by atoms with Gasteiger partial charge in [0.2, 0.25) is 11.9 Å². The first kappa shape index (κ1) is 28.1. The van der Waals surface area contributed by atoms with Gasteiger partial charge in [0.05, 0.1) is 17.6 Å². The van der Waals surface area contributed by atoms with Gasteiger partial charge in [-0.15, -0.1) is 0 Å². The average molecular weight is 563 g/mol. The van der Waals surface area contributed by atoms with Gasteiger partial charge in [-0.1, -0.05) is 24.3 Å². The lowest BCUT2D eigenvalue weighted by molar-refractivity contribution is -0.0208. The van der Waals surface area contributed by atoms with E-state index in [9.17, 15) is 14.0 Å². The molecule has 10 nitrogen and oxygen atoms in total. The Hall–Kier alpha value is -4.41. The van der Waals surface area contributed by atoms with Crippen LogP contribution in [0.15, 0.2) is 65.6 Å². The number of rotatable bonds is 7. The van der Waals surface area contributed by atoms with Crippen LogP contribution in [0.25, 0.3) is 11.0 Å². The van der Waals surface area contributed by atoms with Crippen molar-refractivity contribution in [2.75, 3.05) is 29.9 Å². The molecule has 0 spiro atoms. The van der Waals surface area contributed by atoms with Gasteiger partial charge in [-0.3, -0.25) is 4.79 Å². The third-order valence-corrected chi connectivity index (χ3v) is 7.11. The molecule has 2 aromatic heterocycles. The van der Waals surface area contributed by atoms with Crippen molar-refractivity contribution in [3.8, 4) is 0 Å². The van der Waals surface area contributed by atoms with E-state index in [4.69, 9.17) is 14.5 Å². The second-order valence-corrected chi connectivity index (χ2v) is 11.2. The minimum absolute atomic E-state index is 0.100. The van der Waals surface area contributed by atoms with Crippen molar-refractivity contribution in [3.05, 3.63) is 82.5 Å². The van der Waals surface area contributed by atoms with Crippen molar-refractivity contribution < 1.29 is 18.7 Å². The Kier molecular flexibility index (Phi) is 7.96. The molecule has 0 amide bonds. The molecule has 216 valence electrons. The summed E-state index contributed by atoms with van der Waals surface area (Å²) in [5, 5.41) is 0. The average Bonchev–Trinajstić information content (AvgIpc) is 3.30. The number of aromatic nitrogens is 4. The SMILES string of the molecule is CN(c1nccc(=O)n1COC(=O)OC(C)(C)C)C1CCN(c2nc3ccccc3n2Cc2ccc(F)cc2)CC1. The molecule has 1 fully saturated rings. The number of anilines is 2. The summed E-state index contributed by atoms with van der Waals surface area (Å²) < 4.78 is 27.5. The Balaban J connectivity index is 1.31. The summed E-state index contributed by atoms with van der Waals surface area (Å²) in [6.07, 6.45) is 2.21. The highest BCUT2D eigenvalue weighted by atomic mass is 19.1. The number of piperidine rings is 1. The van der Waals surface area contributed by atoms with Crippen molar-refractivity contribution >= 4 is 29.1 Å². The second-order valence-electron chi connectivity index (χ2n) is 11.2. The first-order valence-electron chi connectivity index (χ1n) is 13.7. The standard InChI is InChI=1S/C30H35FN6O4/c1-30(2,3)41-29(39)40-20-37-26(38)13-16-32-27(37)34(4)23-14-17-35(18-15-23)28-33-24-7-5-6-8-25(24)36(28)19-21-9-11-22(31)12-10-21/h5-13,16,23H,14-15,17-20H2,1-4H3. The third-order valence-electron chi connectivity index (χ3n) is 7.11. The van der Waals surface area contributed by atoms with Gasteiger partial charge in [-0.05, 0) is 63.4 Å². The number of benzene rings is 2. The fourth-order valence-corrected chi connectivity index (χ4v) is 5.07. The van der Waals surface area contributed by atoms with E-state index in [1.165, 1.54) is 29.0 Å². The van der Waals surface area contributed by atoms with E-state index in [1.807, 2.05) is 30.1 Å². The summed E-state index contributed by atoms with van der Waals surface area (Å²) in [6, 6.07) is 16.0. The normalized spacial score (nSPS) is 14.3. The van der Waals surface area contributed by atoms with Gasteiger partial charge in [-0.25, -0.2) is 23.7 Å². The molecule has 1 aliphatic rings. The molecule has 2 aromatic carbocycles. The van der Waals surface area contributed by atoms with Crippen LogP contribution in [0.1, 0.15) is 39.2 Å². The number of carbonyl (C=O) groups excluding carboxylic acids is 1. The summed E-state index contributed by atoms with van der Waals surface area (Å²) >= 11 is 0. The zero-order valence-electron chi connectivity index (χ0n) is 23.8. The Morgan fingerprint density at radius 1 is 1.05 bits per heavy atom. The summed E-state index contributed by atoms with van der Waals surface area (Å²) in [4.78, 5) is 38.4. The smallest absolute Gasteiger partial charge is 0.429 e. The maximum absolute atomic E-state index is 13.5. The number of nitrogens with zero attached hydrogens (tertiary/aromatic N) is 6. The second kappa shape index (κ2) is 11.6. The van der Waals surface area contributed by atoms with Gasteiger partial charge in [-0.2, -0.15) is 0 Å². The van der Waals surface area contributed by atoms with Gasteiger partial charge in [0.15, 0.2) is 6.73 Å². The Labute approximate surface area is 237 Å². The molecule has 0 N–H and O–H groups in total. The third kappa shape index (κ3) is 6.50. The van der Waals surface area contributed by atoms with Crippen LogP contribution in [0, 0.1) is 5.82 Å². The van der Waals surface area contributed by atoms with Crippen LogP contribution < -0.4 is 15.4 Å². The predicted molar refractivity (Wildman–Crippen MR) is 155 cm³/mol. The van der Waals surface area contributed by atoms with Gasteiger partial charge in [0.25, 0.3) is 5.56 Å². The number of ether oxygens (including phenoxy) is 2. The van der Waals surface area contributed by atoms with E-state index in [-0.39, 0.29) is 24.1 Å². The molecule has 0 unspecified atom stereocenters. The van der Waals surface area contributed by atoms with Crippen LogP contribution >= 0.6 is 0 Å². The van der Waals surface area contributed by atoms with E-state index in [0.29, 0.717) is 12.5 Å². The van der Waals surface area contributed by atoms with Crippen LogP contribution in [-0.4, -0.2) is 57.0 Å². The molecule has 0 saturated carbocycles. The van der Waals surface area contributed by atoms with Crippen LogP contribution in [0.2, 0.25) is 0 Å². The molecular weight excluding hydrogens is 527 g/mol. The van der Waals surface area contributed by atoms with Gasteiger partial charge < -0.3 is 23.8 Å². The van der Waals surface area contributed by atoms with Crippen LogP contribution in [0.5, 0.6) is 0 Å². The molecule has 3 heterocycles. The molecular formula is C30H35FN6O4. The number of para-hydroxylation sites is 2.